The van der Waals surface area contributed by atoms with E-state index >= 15 is 0 Å². The lowest BCUT2D eigenvalue weighted by Gasteiger charge is -2.28. The highest BCUT2D eigenvalue weighted by Crippen LogP contribution is 2.35. The predicted molar refractivity (Wildman–Crippen MR) is 85.5 cm³/mol. The van der Waals surface area contributed by atoms with Crippen LogP contribution in [0, 0.1) is 5.92 Å². The van der Waals surface area contributed by atoms with Crippen LogP contribution >= 0.6 is 15.9 Å². The van der Waals surface area contributed by atoms with Gasteiger partial charge in [0.05, 0.1) is 0 Å². The average molecular weight is 339 g/mol. The number of hydrogen-bond acceptors (Lipinski definition) is 2. The lowest BCUT2D eigenvalue weighted by molar-refractivity contribution is -0.132. The molecule has 0 spiro atoms. The van der Waals surface area contributed by atoms with Crippen molar-refractivity contribution >= 4 is 21.8 Å². The van der Waals surface area contributed by atoms with Crippen LogP contribution < -0.4 is 5.73 Å². The van der Waals surface area contributed by atoms with Crippen LogP contribution in [-0.2, 0) is 4.79 Å². The molecule has 3 nitrogen and oxygen atoms in total. The maximum Gasteiger partial charge on any atom is 0.223 e. The molecule has 1 saturated carbocycles. The van der Waals surface area contributed by atoms with E-state index in [9.17, 15) is 4.79 Å². The summed E-state index contributed by atoms with van der Waals surface area (Å²) in [6.07, 6.45) is 2.96. The molecule has 2 atom stereocenters. The molecule has 1 aliphatic rings. The van der Waals surface area contributed by atoms with Crippen LogP contribution in [0.2, 0.25) is 0 Å². The summed E-state index contributed by atoms with van der Waals surface area (Å²) < 4.78 is 1.06. The second kappa shape index (κ2) is 6.72. The zero-order valence-corrected chi connectivity index (χ0v) is 13.8. The van der Waals surface area contributed by atoms with Crippen LogP contribution in [0.1, 0.15) is 37.7 Å². The van der Waals surface area contributed by atoms with Crippen molar-refractivity contribution in [2.75, 3.05) is 13.6 Å². The molecule has 0 aliphatic heterocycles. The Morgan fingerprint density at radius 2 is 2.00 bits per heavy atom. The molecule has 1 fully saturated rings. The van der Waals surface area contributed by atoms with Crippen molar-refractivity contribution in [2.45, 2.75) is 38.1 Å². The zero-order valence-electron chi connectivity index (χ0n) is 12.2. The fourth-order valence-corrected chi connectivity index (χ4v) is 2.91. The monoisotopic (exact) mass is 338 g/mol. The summed E-state index contributed by atoms with van der Waals surface area (Å²) >= 11 is 3.43. The fraction of sp³-hybridized carbons (Fsp3) is 0.562. The molecule has 2 N–H and O–H groups in total. The largest absolute Gasteiger partial charge is 0.341 e. The Morgan fingerprint density at radius 3 is 2.50 bits per heavy atom. The lowest BCUT2D eigenvalue weighted by Crippen LogP contribution is -2.43. The van der Waals surface area contributed by atoms with Gasteiger partial charge in [0.1, 0.15) is 0 Å². The summed E-state index contributed by atoms with van der Waals surface area (Å²) in [5, 5.41) is 0. The lowest BCUT2D eigenvalue weighted by atomic mass is 9.97. The standard InChI is InChI=1S/C16H23BrN2O/c1-11(12-5-7-14(17)8-6-12)9-16(20)19(2)15(10-18)13-3-4-13/h5-8,11,13,15H,3-4,9-10,18H2,1-2H3. The molecule has 0 saturated heterocycles. The number of rotatable bonds is 6. The molecular formula is C16H23BrN2O. The third-order valence-corrected chi connectivity index (χ3v) is 4.75. The van der Waals surface area contributed by atoms with Gasteiger partial charge in [-0.05, 0) is 42.4 Å². The highest BCUT2D eigenvalue weighted by atomic mass is 79.9. The number of hydrogen-bond donors (Lipinski definition) is 1. The van der Waals surface area contributed by atoms with Gasteiger partial charge in [0, 0.05) is 30.5 Å². The van der Waals surface area contributed by atoms with Crippen molar-refractivity contribution in [1.82, 2.24) is 4.90 Å². The minimum Gasteiger partial charge on any atom is -0.341 e. The van der Waals surface area contributed by atoms with Gasteiger partial charge in [-0.1, -0.05) is 35.0 Å². The summed E-state index contributed by atoms with van der Waals surface area (Å²) in [7, 11) is 1.90. The highest BCUT2D eigenvalue weighted by Gasteiger charge is 2.34. The Bertz CT molecular complexity index is 456. The van der Waals surface area contributed by atoms with Crippen molar-refractivity contribution in [3.05, 3.63) is 34.3 Å². The summed E-state index contributed by atoms with van der Waals surface area (Å²) in [6.45, 7) is 2.67. The Balaban J connectivity index is 1.94. The molecule has 2 unspecified atom stereocenters. The minimum absolute atomic E-state index is 0.197. The molecule has 0 heterocycles. The van der Waals surface area contributed by atoms with Crippen LogP contribution in [-0.4, -0.2) is 30.4 Å². The quantitative estimate of drug-likeness (QED) is 0.865. The van der Waals surface area contributed by atoms with Crippen molar-refractivity contribution in [1.29, 1.82) is 0 Å². The maximum absolute atomic E-state index is 12.4. The molecule has 1 aliphatic carbocycles. The highest BCUT2D eigenvalue weighted by molar-refractivity contribution is 9.10. The molecule has 1 aromatic carbocycles. The van der Waals surface area contributed by atoms with Gasteiger partial charge in [-0.3, -0.25) is 4.79 Å². The van der Waals surface area contributed by atoms with Crippen molar-refractivity contribution in [2.24, 2.45) is 11.7 Å². The molecule has 1 amide bonds. The SMILES string of the molecule is CC(CC(=O)N(C)C(CN)C1CC1)c1ccc(Br)cc1. The number of carbonyl (C=O) groups excluding carboxylic acids is 1. The molecule has 0 bridgehead atoms. The predicted octanol–water partition coefficient (Wildman–Crippen LogP) is 3.14. The van der Waals surface area contributed by atoms with E-state index in [1.807, 2.05) is 24.1 Å². The van der Waals surface area contributed by atoms with Gasteiger partial charge in [0.15, 0.2) is 0 Å². The second-order valence-corrected chi connectivity index (χ2v) is 6.72. The average Bonchev–Trinajstić information content (AvgIpc) is 3.24. The van der Waals surface area contributed by atoms with E-state index < -0.39 is 0 Å². The van der Waals surface area contributed by atoms with Crippen LogP contribution in [0.5, 0.6) is 0 Å². The van der Waals surface area contributed by atoms with Gasteiger partial charge in [0.2, 0.25) is 5.91 Å². The summed E-state index contributed by atoms with van der Waals surface area (Å²) in [6, 6.07) is 8.41. The van der Waals surface area contributed by atoms with Gasteiger partial charge in [0.25, 0.3) is 0 Å². The Hall–Kier alpha value is -0.870. The molecular weight excluding hydrogens is 316 g/mol. The van der Waals surface area contributed by atoms with E-state index in [1.165, 1.54) is 18.4 Å². The molecule has 110 valence electrons. The molecule has 0 radical (unpaired) electrons. The molecule has 4 heteroatoms. The van der Waals surface area contributed by atoms with Gasteiger partial charge in [-0.2, -0.15) is 0 Å². The topological polar surface area (TPSA) is 46.3 Å². The summed E-state index contributed by atoms with van der Waals surface area (Å²) in [5.41, 5.74) is 7.01. The van der Waals surface area contributed by atoms with Crippen molar-refractivity contribution < 1.29 is 4.79 Å². The third-order valence-electron chi connectivity index (χ3n) is 4.22. The summed E-state index contributed by atoms with van der Waals surface area (Å²) in [5.74, 6) is 1.05. The first kappa shape index (κ1) is 15.5. The number of halogens is 1. The maximum atomic E-state index is 12.4. The number of nitrogens with two attached hydrogens (primary N) is 1. The third kappa shape index (κ3) is 3.83. The molecule has 2 rings (SSSR count). The normalized spacial score (nSPS) is 17.6. The van der Waals surface area contributed by atoms with Gasteiger partial charge < -0.3 is 10.6 Å². The van der Waals surface area contributed by atoms with Crippen LogP contribution in [0.4, 0.5) is 0 Å². The Morgan fingerprint density at radius 1 is 1.40 bits per heavy atom. The van der Waals surface area contributed by atoms with Crippen molar-refractivity contribution in [3.8, 4) is 0 Å². The number of benzene rings is 1. The van der Waals surface area contributed by atoms with E-state index in [-0.39, 0.29) is 17.9 Å². The van der Waals surface area contributed by atoms with Gasteiger partial charge >= 0.3 is 0 Å². The van der Waals surface area contributed by atoms with E-state index in [4.69, 9.17) is 5.73 Å². The molecule has 0 aromatic heterocycles. The first-order chi connectivity index (χ1) is 9.52. The molecule has 1 aromatic rings. The smallest absolute Gasteiger partial charge is 0.223 e. The van der Waals surface area contributed by atoms with Crippen LogP contribution in [0.15, 0.2) is 28.7 Å². The first-order valence-electron chi connectivity index (χ1n) is 7.24. The van der Waals surface area contributed by atoms with E-state index in [1.54, 1.807) is 0 Å². The van der Waals surface area contributed by atoms with E-state index in [2.05, 4.69) is 35.0 Å². The Labute approximate surface area is 129 Å². The van der Waals surface area contributed by atoms with Gasteiger partial charge in [-0.15, -0.1) is 0 Å². The van der Waals surface area contributed by atoms with Crippen LogP contribution in [0.25, 0.3) is 0 Å². The summed E-state index contributed by atoms with van der Waals surface area (Å²) in [4.78, 5) is 14.3. The first-order valence-corrected chi connectivity index (χ1v) is 8.03. The number of nitrogens with zero attached hydrogens (tertiary/aromatic N) is 1. The second-order valence-electron chi connectivity index (χ2n) is 5.80. The Kier molecular flexibility index (Phi) is 5.22. The van der Waals surface area contributed by atoms with Crippen molar-refractivity contribution in [3.63, 3.8) is 0 Å². The van der Waals surface area contributed by atoms with Gasteiger partial charge in [-0.25, -0.2) is 0 Å². The zero-order chi connectivity index (χ0) is 14.7. The fourth-order valence-electron chi connectivity index (χ4n) is 2.65. The minimum atomic E-state index is 0.197. The van der Waals surface area contributed by atoms with E-state index in [0.29, 0.717) is 18.9 Å². The van der Waals surface area contributed by atoms with Crippen LogP contribution in [0.3, 0.4) is 0 Å². The molecule has 20 heavy (non-hydrogen) atoms. The number of amides is 1. The van der Waals surface area contributed by atoms with E-state index in [0.717, 1.165) is 4.47 Å². The number of likely N-dealkylation sites (N-methyl/N-ethyl adjacent to an activating group) is 1. The number of carbonyl (C=O) groups is 1.